The molecule has 0 heterocycles. The Morgan fingerprint density at radius 2 is 2.11 bits per heavy atom. The van der Waals surface area contributed by atoms with Crippen LogP contribution in [0.3, 0.4) is 0 Å². The highest BCUT2D eigenvalue weighted by atomic mass is 35.5. The topological polar surface area (TPSA) is 49.3 Å². The van der Waals surface area contributed by atoms with Gasteiger partial charge in [-0.15, -0.1) is 11.6 Å². The minimum absolute atomic E-state index is 0.0234. The first-order chi connectivity index (χ1) is 8.56. The zero-order valence-electron chi connectivity index (χ0n) is 10.5. The Morgan fingerprint density at radius 1 is 1.44 bits per heavy atom. The third kappa shape index (κ3) is 2.61. The molecule has 4 heteroatoms. The van der Waals surface area contributed by atoms with Crippen LogP contribution in [0.2, 0.25) is 0 Å². The van der Waals surface area contributed by atoms with E-state index < -0.39 is 0 Å². The lowest BCUT2D eigenvalue weighted by Gasteiger charge is -2.28. The summed E-state index contributed by atoms with van der Waals surface area (Å²) >= 11 is 5.98. The summed E-state index contributed by atoms with van der Waals surface area (Å²) in [5, 5.41) is 12.8. The zero-order chi connectivity index (χ0) is 13.2. The van der Waals surface area contributed by atoms with Crippen molar-refractivity contribution in [2.45, 2.75) is 38.1 Å². The van der Waals surface area contributed by atoms with Crippen molar-refractivity contribution in [1.29, 1.82) is 0 Å². The average Bonchev–Trinajstić information content (AvgIpc) is 2.78. The first-order valence-electron chi connectivity index (χ1n) is 6.24. The molecule has 3 nitrogen and oxygen atoms in total. The summed E-state index contributed by atoms with van der Waals surface area (Å²) < 4.78 is 0. The molecule has 0 radical (unpaired) electrons. The van der Waals surface area contributed by atoms with E-state index in [2.05, 4.69) is 5.32 Å². The molecule has 0 saturated heterocycles. The number of carbonyl (C=O) groups excluding carboxylic acids is 1. The molecule has 0 bridgehead atoms. The van der Waals surface area contributed by atoms with Crippen molar-refractivity contribution < 1.29 is 9.90 Å². The first-order valence-corrected chi connectivity index (χ1v) is 6.78. The second-order valence-electron chi connectivity index (χ2n) is 5.10. The number of hydrogen-bond acceptors (Lipinski definition) is 2. The fourth-order valence-corrected chi connectivity index (χ4v) is 2.82. The normalized spacial score (nSPS) is 17.7. The first kappa shape index (κ1) is 13.2. The van der Waals surface area contributed by atoms with Crippen LogP contribution in [-0.2, 0) is 0 Å². The number of alkyl halides is 1. The molecule has 0 aromatic heterocycles. The van der Waals surface area contributed by atoms with E-state index >= 15 is 0 Å². The Hall–Kier alpha value is -1.22. The van der Waals surface area contributed by atoms with Gasteiger partial charge in [-0.3, -0.25) is 4.79 Å². The Kier molecular flexibility index (Phi) is 3.81. The van der Waals surface area contributed by atoms with Crippen molar-refractivity contribution in [1.82, 2.24) is 5.32 Å². The molecule has 2 rings (SSSR count). The van der Waals surface area contributed by atoms with Gasteiger partial charge in [0.05, 0.1) is 11.1 Å². The average molecular weight is 268 g/mol. The maximum atomic E-state index is 12.2. The SMILES string of the molecule is Cc1ccc(C(=O)NC2(CCl)CCCC2)c(O)c1. The molecule has 0 aliphatic heterocycles. The van der Waals surface area contributed by atoms with Crippen molar-refractivity contribution in [3.63, 3.8) is 0 Å². The molecule has 1 aliphatic rings. The molecule has 98 valence electrons. The fraction of sp³-hybridized carbons (Fsp3) is 0.500. The number of amides is 1. The molecule has 1 amide bonds. The summed E-state index contributed by atoms with van der Waals surface area (Å²) in [5.74, 6) is 0.205. The van der Waals surface area contributed by atoms with E-state index in [0.29, 0.717) is 11.4 Å². The van der Waals surface area contributed by atoms with Gasteiger partial charge < -0.3 is 10.4 Å². The van der Waals surface area contributed by atoms with Crippen molar-refractivity contribution in [2.24, 2.45) is 0 Å². The highest BCUT2D eigenvalue weighted by molar-refractivity contribution is 6.19. The minimum atomic E-state index is -0.296. The third-order valence-electron chi connectivity index (χ3n) is 3.59. The van der Waals surface area contributed by atoms with E-state index in [4.69, 9.17) is 11.6 Å². The standard InChI is InChI=1S/C14H18ClNO2/c1-10-4-5-11(12(17)8-10)13(18)16-14(9-15)6-2-3-7-14/h4-5,8,17H,2-3,6-7,9H2,1H3,(H,16,18). The predicted molar refractivity (Wildman–Crippen MR) is 72.2 cm³/mol. The van der Waals surface area contributed by atoms with Crippen LogP contribution in [0.25, 0.3) is 0 Å². The lowest BCUT2D eigenvalue weighted by Crippen LogP contribution is -2.47. The summed E-state index contributed by atoms with van der Waals surface area (Å²) in [4.78, 5) is 12.2. The molecule has 1 aromatic carbocycles. The van der Waals surface area contributed by atoms with Crippen LogP contribution in [0.15, 0.2) is 18.2 Å². The molecule has 1 aliphatic carbocycles. The molecule has 1 saturated carbocycles. The quantitative estimate of drug-likeness (QED) is 0.827. The number of phenolic OH excluding ortho intramolecular Hbond substituents is 1. The van der Waals surface area contributed by atoms with E-state index in [1.54, 1.807) is 12.1 Å². The lowest BCUT2D eigenvalue weighted by molar-refractivity contribution is 0.0906. The van der Waals surface area contributed by atoms with Gasteiger partial charge in [0.15, 0.2) is 0 Å². The molecule has 0 spiro atoms. The Bertz CT molecular complexity index is 453. The summed E-state index contributed by atoms with van der Waals surface area (Å²) in [6, 6.07) is 5.06. The van der Waals surface area contributed by atoms with Crippen molar-refractivity contribution in [3.05, 3.63) is 29.3 Å². The number of aromatic hydroxyl groups is 1. The van der Waals surface area contributed by atoms with Crippen molar-refractivity contribution >= 4 is 17.5 Å². The number of aryl methyl sites for hydroxylation is 1. The van der Waals surface area contributed by atoms with Crippen LogP contribution in [-0.4, -0.2) is 22.4 Å². The van der Waals surface area contributed by atoms with Crippen LogP contribution in [0.4, 0.5) is 0 Å². The smallest absolute Gasteiger partial charge is 0.255 e. The van der Waals surface area contributed by atoms with Gasteiger partial charge in [-0.25, -0.2) is 0 Å². The summed E-state index contributed by atoms with van der Waals surface area (Å²) in [6.45, 7) is 1.87. The highest BCUT2D eigenvalue weighted by Gasteiger charge is 2.35. The number of carbonyl (C=O) groups is 1. The Labute approximate surface area is 112 Å². The maximum Gasteiger partial charge on any atom is 0.255 e. The van der Waals surface area contributed by atoms with Gasteiger partial charge in [-0.05, 0) is 37.5 Å². The van der Waals surface area contributed by atoms with E-state index in [-0.39, 0.29) is 17.2 Å². The summed E-state index contributed by atoms with van der Waals surface area (Å²) in [7, 11) is 0. The van der Waals surface area contributed by atoms with Crippen molar-refractivity contribution in [2.75, 3.05) is 5.88 Å². The monoisotopic (exact) mass is 267 g/mol. The molecule has 0 atom stereocenters. The fourth-order valence-electron chi connectivity index (χ4n) is 2.49. The van der Waals surface area contributed by atoms with Gasteiger partial charge in [0.2, 0.25) is 0 Å². The number of phenols is 1. The van der Waals surface area contributed by atoms with Crippen LogP contribution >= 0.6 is 11.6 Å². The molecular weight excluding hydrogens is 250 g/mol. The Balaban J connectivity index is 2.16. The van der Waals surface area contributed by atoms with Crippen LogP contribution in [0.1, 0.15) is 41.6 Å². The lowest BCUT2D eigenvalue weighted by atomic mass is 9.99. The van der Waals surface area contributed by atoms with Gasteiger partial charge in [-0.2, -0.15) is 0 Å². The van der Waals surface area contributed by atoms with E-state index in [9.17, 15) is 9.90 Å². The van der Waals surface area contributed by atoms with Crippen LogP contribution in [0, 0.1) is 6.92 Å². The van der Waals surface area contributed by atoms with E-state index in [0.717, 1.165) is 31.2 Å². The number of nitrogens with one attached hydrogen (secondary N) is 1. The maximum absolute atomic E-state index is 12.2. The van der Waals surface area contributed by atoms with Gasteiger partial charge in [0.1, 0.15) is 5.75 Å². The minimum Gasteiger partial charge on any atom is -0.507 e. The van der Waals surface area contributed by atoms with Gasteiger partial charge in [0, 0.05) is 5.88 Å². The second kappa shape index (κ2) is 5.19. The largest absolute Gasteiger partial charge is 0.507 e. The molecule has 18 heavy (non-hydrogen) atoms. The molecule has 2 N–H and O–H groups in total. The molecule has 1 fully saturated rings. The van der Waals surface area contributed by atoms with E-state index in [1.807, 2.05) is 13.0 Å². The molecule has 0 unspecified atom stereocenters. The highest BCUT2D eigenvalue weighted by Crippen LogP contribution is 2.31. The second-order valence-corrected chi connectivity index (χ2v) is 5.36. The van der Waals surface area contributed by atoms with E-state index in [1.165, 1.54) is 0 Å². The summed E-state index contributed by atoms with van der Waals surface area (Å²) in [5.41, 5.74) is 0.949. The number of rotatable bonds is 3. The number of benzene rings is 1. The van der Waals surface area contributed by atoms with Gasteiger partial charge in [0.25, 0.3) is 5.91 Å². The van der Waals surface area contributed by atoms with Crippen LogP contribution < -0.4 is 5.32 Å². The molecule has 1 aromatic rings. The zero-order valence-corrected chi connectivity index (χ0v) is 11.3. The van der Waals surface area contributed by atoms with Gasteiger partial charge in [-0.1, -0.05) is 18.9 Å². The molecular formula is C14H18ClNO2. The van der Waals surface area contributed by atoms with Crippen LogP contribution in [0.5, 0.6) is 5.75 Å². The third-order valence-corrected chi connectivity index (χ3v) is 4.10. The Morgan fingerprint density at radius 3 is 2.67 bits per heavy atom. The summed E-state index contributed by atoms with van der Waals surface area (Å²) in [6.07, 6.45) is 4.00. The number of halogens is 1. The van der Waals surface area contributed by atoms with Crippen molar-refractivity contribution in [3.8, 4) is 5.75 Å². The van der Waals surface area contributed by atoms with Gasteiger partial charge >= 0.3 is 0 Å². The predicted octanol–water partition coefficient (Wildman–Crippen LogP) is 2.98. The number of hydrogen-bond donors (Lipinski definition) is 2.